The van der Waals surface area contributed by atoms with Gasteiger partial charge < -0.3 is 9.15 Å². The first-order chi connectivity index (χ1) is 17.4. The molecular weight excluding hydrogens is 470 g/mol. The lowest BCUT2D eigenvalue weighted by Gasteiger charge is -2.30. The van der Waals surface area contributed by atoms with Gasteiger partial charge >= 0.3 is 0 Å². The number of anilines is 1. The van der Waals surface area contributed by atoms with Crippen LogP contribution in [0.1, 0.15) is 23.0 Å². The van der Waals surface area contributed by atoms with E-state index in [1.165, 1.54) is 4.31 Å². The fourth-order valence-electron chi connectivity index (χ4n) is 4.84. The van der Waals surface area contributed by atoms with E-state index in [1.807, 2.05) is 85.8 Å². The number of furan rings is 1. The molecule has 0 bridgehead atoms. The van der Waals surface area contributed by atoms with Crippen molar-refractivity contribution >= 4 is 37.5 Å². The summed E-state index contributed by atoms with van der Waals surface area (Å²) in [6.07, 6.45) is -0.619. The van der Waals surface area contributed by atoms with Gasteiger partial charge in [-0.15, -0.1) is 0 Å². The molecule has 36 heavy (non-hydrogen) atoms. The number of benzene rings is 4. The number of ether oxygens (including phenoxy) is 1. The van der Waals surface area contributed by atoms with Crippen molar-refractivity contribution in [1.29, 1.82) is 0 Å². The third kappa shape index (κ3) is 3.70. The van der Waals surface area contributed by atoms with Crippen molar-refractivity contribution in [3.8, 4) is 0 Å². The molecule has 5 nitrogen and oxygen atoms in total. The summed E-state index contributed by atoms with van der Waals surface area (Å²) in [5.74, 6) is 0.468. The molecule has 2 heterocycles. The second-order valence-corrected chi connectivity index (χ2v) is 11.0. The lowest BCUT2D eigenvalue weighted by atomic mass is 9.97. The molecule has 6 heteroatoms. The summed E-state index contributed by atoms with van der Waals surface area (Å²) in [6, 6.07) is 28.5. The van der Waals surface area contributed by atoms with E-state index >= 15 is 0 Å². The first-order valence-corrected chi connectivity index (χ1v) is 13.2. The van der Waals surface area contributed by atoms with Gasteiger partial charge in [0, 0.05) is 5.39 Å². The number of hydrogen-bond acceptors (Lipinski definition) is 4. The number of hydrogen-bond donors (Lipinski definition) is 0. The van der Waals surface area contributed by atoms with E-state index < -0.39 is 16.1 Å². The van der Waals surface area contributed by atoms with Crippen LogP contribution >= 0.6 is 0 Å². The van der Waals surface area contributed by atoms with E-state index in [1.54, 1.807) is 12.1 Å². The van der Waals surface area contributed by atoms with Crippen LogP contribution in [0.4, 0.5) is 5.69 Å². The van der Waals surface area contributed by atoms with E-state index in [0.29, 0.717) is 28.0 Å². The third-order valence-corrected chi connectivity index (χ3v) is 8.38. The highest BCUT2D eigenvalue weighted by Crippen LogP contribution is 2.45. The minimum absolute atomic E-state index is 0.0923. The van der Waals surface area contributed by atoms with Crippen molar-refractivity contribution in [3.05, 3.63) is 120 Å². The molecule has 1 aromatic heterocycles. The summed E-state index contributed by atoms with van der Waals surface area (Å²) in [7, 11) is -3.92. The molecular formula is C30H25NO4S. The van der Waals surface area contributed by atoms with Crippen molar-refractivity contribution in [2.45, 2.75) is 17.9 Å². The number of nitrogens with zero attached hydrogens (tertiary/aromatic N) is 1. The van der Waals surface area contributed by atoms with E-state index in [2.05, 4.69) is 6.58 Å². The topological polar surface area (TPSA) is 59.8 Å². The molecule has 1 unspecified atom stereocenters. The molecule has 0 amide bonds. The SMILES string of the molecule is C=C1COC(c2cccc3ccccc23)c2oc3ccccc3c2N(S(=O)(=O)c2ccc(C)cc2)C1. The van der Waals surface area contributed by atoms with Crippen molar-refractivity contribution in [2.75, 3.05) is 17.5 Å². The Labute approximate surface area is 210 Å². The fourth-order valence-corrected chi connectivity index (χ4v) is 6.36. The van der Waals surface area contributed by atoms with Crippen molar-refractivity contribution in [2.24, 2.45) is 0 Å². The van der Waals surface area contributed by atoms with E-state index in [4.69, 9.17) is 9.15 Å². The molecule has 0 saturated carbocycles. The number of fused-ring (bicyclic) bond motifs is 4. The van der Waals surface area contributed by atoms with Crippen LogP contribution in [-0.4, -0.2) is 21.6 Å². The number of para-hydroxylation sites is 1. The van der Waals surface area contributed by atoms with Gasteiger partial charge in [-0.25, -0.2) is 8.42 Å². The summed E-state index contributed by atoms with van der Waals surface area (Å²) in [5.41, 5.74) is 3.66. The van der Waals surface area contributed by atoms with Crippen LogP contribution in [0.25, 0.3) is 21.7 Å². The summed E-state index contributed by atoms with van der Waals surface area (Å²) in [4.78, 5) is 0.223. The van der Waals surface area contributed by atoms with Gasteiger partial charge in [0.1, 0.15) is 17.4 Å². The smallest absolute Gasteiger partial charge is 0.264 e. The van der Waals surface area contributed by atoms with Gasteiger partial charge in [0.15, 0.2) is 5.76 Å². The Morgan fingerprint density at radius 1 is 0.861 bits per heavy atom. The minimum Gasteiger partial charge on any atom is -0.456 e. The lowest BCUT2D eigenvalue weighted by Crippen LogP contribution is -2.35. The predicted molar refractivity (Wildman–Crippen MR) is 143 cm³/mol. The lowest BCUT2D eigenvalue weighted by molar-refractivity contribution is 0.0831. The second-order valence-electron chi connectivity index (χ2n) is 9.15. The van der Waals surface area contributed by atoms with Gasteiger partial charge in [-0.3, -0.25) is 4.31 Å². The van der Waals surface area contributed by atoms with E-state index in [0.717, 1.165) is 21.9 Å². The van der Waals surface area contributed by atoms with Gasteiger partial charge in [-0.1, -0.05) is 78.9 Å². The zero-order valence-corrected chi connectivity index (χ0v) is 20.7. The Bertz CT molecular complexity index is 1710. The Kier molecular flexibility index (Phi) is 5.43. The second kappa shape index (κ2) is 8.66. The largest absolute Gasteiger partial charge is 0.456 e. The number of sulfonamides is 1. The molecule has 1 aliphatic heterocycles. The van der Waals surface area contributed by atoms with Crippen LogP contribution in [0.3, 0.4) is 0 Å². The monoisotopic (exact) mass is 495 g/mol. The van der Waals surface area contributed by atoms with Crippen LogP contribution in [-0.2, 0) is 14.8 Å². The highest BCUT2D eigenvalue weighted by molar-refractivity contribution is 7.92. The first-order valence-electron chi connectivity index (χ1n) is 11.8. The number of rotatable bonds is 3. The van der Waals surface area contributed by atoms with Gasteiger partial charge in [-0.05, 0) is 53.1 Å². The number of aryl methyl sites for hydroxylation is 1. The van der Waals surface area contributed by atoms with Crippen LogP contribution in [0.5, 0.6) is 0 Å². The van der Waals surface area contributed by atoms with Gasteiger partial charge in [0.05, 0.1) is 18.0 Å². The highest BCUT2D eigenvalue weighted by Gasteiger charge is 2.37. The molecule has 1 atom stereocenters. The molecule has 5 aromatic rings. The summed E-state index contributed by atoms with van der Waals surface area (Å²) in [6.45, 7) is 6.38. The molecule has 180 valence electrons. The molecule has 0 saturated heterocycles. The Morgan fingerprint density at radius 3 is 2.36 bits per heavy atom. The summed E-state index contributed by atoms with van der Waals surface area (Å²) in [5, 5.41) is 2.81. The van der Waals surface area contributed by atoms with E-state index in [9.17, 15) is 8.42 Å². The van der Waals surface area contributed by atoms with Crippen LogP contribution in [0.15, 0.2) is 112 Å². The highest BCUT2D eigenvalue weighted by atomic mass is 32.2. The standard InChI is InChI=1S/C30H25NO4S/c1-20-14-16-23(17-15-20)36(32,33)31-18-21(2)19-34-29(25-12-7-9-22-8-3-4-10-24(22)25)30-28(31)26-11-5-6-13-27(26)35-30/h3-17,29H,2,18-19H2,1H3. The predicted octanol–water partition coefficient (Wildman–Crippen LogP) is 6.77. The van der Waals surface area contributed by atoms with Gasteiger partial charge in [0.25, 0.3) is 10.0 Å². The van der Waals surface area contributed by atoms with Crippen molar-refractivity contribution < 1.29 is 17.6 Å². The zero-order valence-electron chi connectivity index (χ0n) is 19.8. The van der Waals surface area contributed by atoms with Crippen LogP contribution < -0.4 is 4.31 Å². The van der Waals surface area contributed by atoms with Crippen molar-refractivity contribution in [1.82, 2.24) is 0 Å². The maximum Gasteiger partial charge on any atom is 0.264 e. The maximum absolute atomic E-state index is 14.1. The minimum atomic E-state index is -3.92. The molecule has 0 N–H and O–H groups in total. The summed E-state index contributed by atoms with van der Waals surface area (Å²) < 4.78 is 42.4. The average molecular weight is 496 g/mol. The van der Waals surface area contributed by atoms with Crippen molar-refractivity contribution in [3.63, 3.8) is 0 Å². The molecule has 0 radical (unpaired) electrons. The fraction of sp³-hybridized carbons (Fsp3) is 0.133. The van der Waals surface area contributed by atoms with Gasteiger partial charge in [-0.2, -0.15) is 0 Å². The molecule has 0 spiro atoms. The van der Waals surface area contributed by atoms with Crippen LogP contribution in [0.2, 0.25) is 0 Å². The van der Waals surface area contributed by atoms with Crippen LogP contribution in [0, 0.1) is 6.92 Å². The Morgan fingerprint density at radius 2 is 1.56 bits per heavy atom. The van der Waals surface area contributed by atoms with Gasteiger partial charge in [0.2, 0.25) is 0 Å². The molecule has 4 aromatic carbocycles. The molecule has 1 aliphatic rings. The molecule has 0 aliphatic carbocycles. The maximum atomic E-state index is 14.1. The Balaban J connectivity index is 1.63. The Hall–Kier alpha value is -3.87. The normalized spacial score (nSPS) is 16.6. The summed E-state index contributed by atoms with van der Waals surface area (Å²) >= 11 is 0. The average Bonchev–Trinajstić information content (AvgIpc) is 3.25. The molecule has 0 fully saturated rings. The first kappa shape index (κ1) is 22.6. The van der Waals surface area contributed by atoms with E-state index in [-0.39, 0.29) is 18.0 Å². The quantitative estimate of drug-likeness (QED) is 0.259. The molecule has 6 rings (SSSR count). The zero-order chi connectivity index (χ0) is 24.9. The third-order valence-electron chi connectivity index (χ3n) is 6.62.